The van der Waals surface area contributed by atoms with E-state index in [0.717, 1.165) is 23.5 Å². The van der Waals surface area contributed by atoms with Crippen molar-refractivity contribution in [3.8, 4) is 0 Å². The van der Waals surface area contributed by atoms with Crippen molar-refractivity contribution in [3.05, 3.63) is 105 Å². The average Bonchev–Trinajstić information content (AvgIpc) is 3.69. The van der Waals surface area contributed by atoms with E-state index in [9.17, 15) is 38.2 Å². The first kappa shape index (κ1) is 33.1. The van der Waals surface area contributed by atoms with E-state index in [-0.39, 0.29) is 44.0 Å². The second-order valence-corrected chi connectivity index (χ2v) is 14.1. The third-order valence-corrected chi connectivity index (χ3v) is 10.3. The Labute approximate surface area is 284 Å². The number of carbonyl (C=O) groups excluding carboxylic acids is 2. The Kier molecular flexibility index (Phi) is 9.29. The SMILES string of the molecule is O=C(CSc1nc2ccc([N+](=O)[O-])cc2[nH]1)Nc1cccc(S(=O)(=O)c2cccc(NC(=O)CSc3nc4ccc([N+](=O)[O-])cc4[nH]3)c2)c1. The largest absolute Gasteiger partial charge is 0.333 e. The van der Waals surface area contributed by atoms with Gasteiger partial charge in [0.1, 0.15) is 0 Å². The molecule has 0 unspecified atom stereocenters. The van der Waals surface area contributed by atoms with E-state index >= 15 is 0 Å². The van der Waals surface area contributed by atoms with Gasteiger partial charge in [-0.15, -0.1) is 0 Å². The number of nitro benzene ring substituents is 2. The molecule has 6 rings (SSSR count). The van der Waals surface area contributed by atoms with Crippen molar-refractivity contribution in [2.75, 3.05) is 22.1 Å². The zero-order valence-electron chi connectivity index (χ0n) is 24.8. The molecule has 0 atom stereocenters. The summed E-state index contributed by atoms with van der Waals surface area (Å²) in [5, 5.41) is 28.1. The first-order valence-electron chi connectivity index (χ1n) is 14.0. The summed E-state index contributed by atoms with van der Waals surface area (Å²) < 4.78 is 27.0. The second kappa shape index (κ2) is 13.7. The molecule has 2 aromatic heterocycles. The highest BCUT2D eigenvalue weighted by Gasteiger charge is 2.20. The smallest absolute Gasteiger partial charge is 0.271 e. The van der Waals surface area contributed by atoms with E-state index in [1.807, 2.05) is 0 Å². The van der Waals surface area contributed by atoms with Gasteiger partial charge >= 0.3 is 0 Å². The van der Waals surface area contributed by atoms with Crippen molar-refractivity contribution in [1.82, 2.24) is 19.9 Å². The van der Waals surface area contributed by atoms with E-state index in [1.165, 1.54) is 72.8 Å². The first-order chi connectivity index (χ1) is 23.4. The Morgan fingerprint density at radius 2 is 1.10 bits per heavy atom. The fourth-order valence-electron chi connectivity index (χ4n) is 4.59. The summed E-state index contributed by atoms with van der Waals surface area (Å²) in [7, 11) is -4.05. The number of imidazole rings is 2. The van der Waals surface area contributed by atoms with Crippen LogP contribution >= 0.6 is 23.5 Å². The van der Waals surface area contributed by atoms with Gasteiger partial charge in [0.15, 0.2) is 10.3 Å². The zero-order valence-corrected chi connectivity index (χ0v) is 27.2. The van der Waals surface area contributed by atoms with Crippen LogP contribution in [0, 0.1) is 20.2 Å². The van der Waals surface area contributed by atoms with Crippen molar-refractivity contribution in [2.24, 2.45) is 0 Å². The Bertz CT molecular complexity index is 2230. The third kappa shape index (κ3) is 7.69. The molecule has 19 heteroatoms. The monoisotopic (exact) mass is 718 g/mol. The first-order valence-corrected chi connectivity index (χ1v) is 17.5. The van der Waals surface area contributed by atoms with Gasteiger partial charge in [-0.3, -0.25) is 29.8 Å². The number of non-ortho nitro benzene ring substituents is 2. The van der Waals surface area contributed by atoms with Crippen molar-refractivity contribution in [2.45, 2.75) is 20.1 Å². The molecule has 0 aliphatic heterocycles. The molecule has 6 aromatic rings. The minimum absolute atomic E-state index is 0.0716. The molecule has 49 heavy (non-hydrogen) atoms. The van der Waals surface area contributed by atoms with E-state index in [2.05, 4.69) is 30.6 Å². The van der Waals surface area contributed by atoms with Crippen LogP contribution in [-0.2, 0) is 19.4 Å². The molecule has 0 bridgehead atoms. The predicted octanol–water partition coefficient (Wildman–Crippen LogP) is 5.55. The third-order valence-electron chi connectivity index (χ3n) is 6.85. The van der Waals surface area contributed by atoms with Gasteiger partial charge in [-0.1, -0.05) is 35.7 Å². The summed E-state index contributed by atoms with van der Waals surface area (Å²) in [6.45, 7) is 0. The van der Waals surface area contributed by atoms with E-state index in [0.29, 0.717) is 32.4 Å². The van der Waals surface area contributed by atoms with Crippen molar-refractivity contribution in [1.29, 1.82) is 0 Å². The van der Waals surface area contributed by atoms with Crippen LogP contribution in [0.1, 0.15) is 0 Å². The lowest BCUT2D eigenvalue weighted by Gasteiger charge is -2.10. The number of hydrogen-bond donors (Lipinski definition) is 4. The summed E-state index contributed by atoms with van der Waals surface area (Å²) in [6, 6.07) is 19.9. The topological polar surface area (TPSA) is 236 Å². The lowest BCUT2D eigenvalue weighted by atomic mass is 10.3. The number of thioether (sulfide) groups is 2. The van der Waals surface area contributed by atoms with E-state index in [4.69, 9.17) is 0 Å². The van der Waals surface area contributed by atoms with Crippen molar-refractivity contribution in [3.63, 3.8) is 0 Å². The highest BCUT2D eigenvalue weighted by molar-refractivity contribution is 8.00. The molecule has 4 N–H and O–H groups in total. The Balaban J connectivity index is 1.06. The van der Waals surface area contributed by atoms with Gasteiger partial charge in [0, 0.05) is 35.6 Å². The second-order valence-electron chi connectivity index (χ2n) is 10.2. The number of rotatable bonds is 12. The van der Waals surface area contributed by atoms with Crippen molar-refractivity contribution >= 4 is 90.0 Å². The molecule has 2 amide bonds. The lowest BCUT2D eigenvalue weighted by Crippen LogP contribution is -2.15. The number of carbonyl (C=O) groups is 2. The number of nitro groups is 2. The number of aromatic amines is 2. The Morgan fingerprint density at radius 1 is 0.673 bits per heavy atom. The number of H-pyrrole nitrogens is 2. The molecule has 4 aromatic carbocycles. The minimum atomic E-state index is -4.05. The zero-order chi connectivity index (χ0) is 34.7. The normalized spacial score (nSPS) is 11.4. The van der Waals surface area contributed by atoms with Gasteiger partial charge in [0.25, 0.3) is 11.4 Å². The lowest BCUT2D eigenvalue weighted by molar-refractivity contribution is -0.384. The van der Waals surface area contributed by atoms with Crippen LogP contribution in [0.2, 0.25) is 0 Å². The number of amides is 2. The molecule has 0 spiro atoms. The highest BCUT2D eigenvalue weighted by Crippen LogP contribution is 2.28. The Hall–Kier alpha value is -5.79. The van der Waals surface area contributed by atoms with E-state index < -0.39 is 31.5 Å². The van der Waals surface area contributed by atoms with Gasteiger partial charge in [-0.25, -0.2) is 18.4 Å². The number of sulfone groups is 1. The summed E-state index contributed by atoms with van der Waals surface area (Å²) in [4.78, 5) is 60.6. The Morgan fingerprint density at radius 3 is 1.51 bits per heavy atom. The van der Waals surface area contributed by atoms with Crippen LogP contribution in [0.3, 0.4) is 0 Å². The number of fused-ring (bicyclic) bond motifs is 2. The molecule has 0 aliphatic carbocycles. The number of hydrogen-bond acceptors (Lipinski definition) is 12. The maximum absolute atomic E-state index is 13.5. The van der Waals surface area contributed by atoms with Crippen LogP contribution in [0.25, 0.3) is 22.1 Å². The summed E-state index contributed by atoms with van der Waals surface area (Å²) >= 11 is 2.15. The van der Waals surface area contributed by atoms with Gasteiger partial charge in [-0.05, 0) is 48.5 Å². The van der Waals surface area contributed by atoms with Gasteiger partial charge < -0.3 is 20.6 Å². The fourth-order valence-corrected chi connectivity index (χ4v) is 7.31. The summed E-state index contributed by atoms with van der Waals surface area (Å²) in [5.74, 6) is -1.01. The number of benzene rings is 4. The molecule has 0 fully saturated rings. The molecule has 0 radical (unpaired) electrons. The van der Waals surface area contributed by atoms with Gasteiger partial charge in [-0.2, -0.15) is 0 Å². The van der Waals surface area contributed by atoms with Crippen LogP contribution in [-0.4, -0.2) is 61.5 Å². The van der Waals surface area contributed by atoms with Crippen LogP contribution < -0.4 is 10.6 Å². The average molecular weight is 719 g/mol. The highest BCUT2D eigenvalue weighted by atomic mass is 32.2. The predicted molar refractivity (Wildman–Crippen MR) is 183 cm³/mol. The molecule has 16 nitrogen and oxygen atoms in total. The molecule has 2 heterocycles. The van der Waals surface area contributed by atoms with Crippen LogP contribution in [0.4, 0.5) is 22.7 Å². The number of aromatic nitrogens is 4. The molecule has 0 saturated carbocycles. The minimum Gasteiger partial charge on any atom is -0.333 e. The summed E-state index contributed by atoms with van der Waals surface area (Å²) in [6.07, 6.45) is 0. The van der Waals surface area contributed by atoms with Crippen LogP contribution in [0.5, 0.6) is 0 Å². The van der Waals surface area contributed by atoms with Crippen molar-refractivity contribution < 1.29 is 27.9 Å². The quantitative estimate of drug-likeness (QED) is 0.0692. The molecular weight excluding hydrogens is 697 g/mol. The van der Waals surface area contributed by atoms with Crippen LogP contribution in [0.15, 0.2) is 105 Å². The maximum Gasteiger partial charge on any atom is 0.271 e. The number of anilines is 2. The fraction of sp³-hybridized carbons (Fsp3) is 0.0667. The van der Waals surface area contributed by atoms with E-state index in [1.54, 1.807) is 12.1 Å². The number of nitrogens with one attached hydrogen (secondary N) is 4. The summed E-state index contributed by atoms with van der Waals surface area (Å²) in [5.41, 5.74) is 2.23. The molecule has 0 aliphatic rings. The molecule has 0 saturated heterocycles. The number of nitrogens with zero attached hydrogens (tertiary/aromatic N) is 4. The standard InChI is InChI=1S/C30H22N8O8S3/c39-27(15-47-29-33-23-9-7-19(37(41)42)13-25(23)35-29)31-17-3-1-5-21(11-17)49(45,46)22-6-2-4-18(12-22)32-28(40)16-48-30-34-24-10-8-20(38(43)44)14-26(24)36-30/h1-14H,15-16H2,(H,31,39)(H,32,40)(H,33,35)(H,34,36). The van der Waals surface area contributed by atoms with Gasteiger partial charge in [0.2, 0.25) is 21.7 Å². The maximum atomic E-state index is 13.5. The molecular formula is C30H22N8O8S3. The molecule has 248 valence electrons. The van der Waals surface area contributed by atoms with Gasteiger partial charge in [0.05, 0.1) is 53.2 Å².